The van der Waals surface area contributed by atoms with E-state index < -0.39 is 12.1 Å². The van der Waals surface area contributed by atoms with Crippen molar-refractivity contribution < 1.29 is 14.6 Å². The minimum atomic E-state index is -0.732. The topological polar surface area (TPSA) is 58.6 Å². The van der Waals surface area contributed by atoms with E-state index in [0.717, 1.165) is 11.8 Å². The van der Waals surface area contributed by atoms with E-state index >= 15 is 0 Å². The standard InChI is InChI=1S/C12H15NO3/c1-2-12(15)16-9-11(14)8-13-10-6-4-3-5-7-10/h2-7,11,13-14H,1,8-9H2. The zero-order chi connectivity index (χ0) is 11.8. The van der Waals surface area contributed by atoms with Crippen molar-refractivity contribution in [3.63, 3.8) is 0 Å². The molecule has 1 unspecified atom stereocenters. The summed E-state index contributed by atoms with van der Waals surface area (Å²) in [4.78, 5) is 10.7. The van der Waals surface area contributed by atoms with Crippen LogP contribution in [-0.4, -0.2) is 30.3 Å². The highest BCUT2D eigenvalue weighted by Crippen LogP contribution is 2.04. The second-order valence-electron chi connectivity index (χ2n) is 3.23. The molecule has 0 saturated carbocycles. The molecule has 0 fully saturated rings. The molecular weight excluding hydrogens is 206 g/mol. The van der Waals surface area contributed by atoms with Gasteiger partial charge in [-0.1, -0.05) is 24.8 Å². The number of aliphatic hydroxyl groups excluding tert-OH is 1. The Bertz CT molecular complexity index is 337. The van der Waals surface area contributed by atoms with Gasteiger partial charge >= 0.3 is 5.97 Å². The highest BCUT2D eigenvalue weighted by Gasteiger charge is 2.06. The van der Waals surface area contributed by atoms with E-state index in [0.29, 0.717) is 6.54 Å². The first-order valence-corrected chi connectivity index (χ1v) is 4.98. The summed E-state index contributed by atoms with van der Waals surface area (Å²) in [5.74, 6) is -0.529. The molecule has 1 aromatic rings. The lowest BCUT2D eigenvalue weighted by Gasteiger charge is -2.12. The van der Waals surface area contributed by atoms with Gasteiger partial charge in [0.25, 0.3) is 0 Å². The number of ether oxygens (including phenoxy) is 1. The average molecular weight is 221 g/mol. The van der Waals surface area contributed by atoms with Crippen LogP contribution in [0.1, 0.15) is 0 Å². The van der Waals surface area contributed by atoms with Crippen molar-refractivity contribution in [1.29, 1.82) is 0 Å². The van der Waals surface area contributed by atoms with Crippen molar-refractivity contribution in [3.8, 4) is 0 Å². The number of rotatable bonds is 6. The number of nitrogens with one attached hydrogen (secondary N) is 1. The molecule has 2 N–H and O–H groups in total. The molecule has 4 heteroatoms. The van der Waals surface area contributed by atoms with Crippen LogP contribution in [0.4, 0.5) is 5.69 Å². The largest absolute Gasteiger partial charge is 0.460 e. The maximum atomic E-state index is 10.7. The molecule has 0 spiro atoms. The van der Waals surface area contributed by atoms with E-state index in [1.54, 1.807) is 0 Å². The molecule has 1 aromatic carbocycles. The molecule has 86 valence electrons. The maximum Gasteiger partial charge on any atom is 0.330 e. The van der Waals surface area contributed by atoms with Crippen molar-refractivity contribution in [2.75, 3.05) is 18.5 Å². The Labute approximate surface area is 94.6 Å². The fourth-order valence-corrected chi connectivity index (χ4v) is 1.09. The first kappa shape index (κ1) is 12.3. The SMILES string of the molecule is C=CC(=O)OCC(O)CNc1ccccc1. The first-order valence-electron chi connectivity index (χ1n) is 4.98. The monoisotopic (exact) mass is 221 g/mol. The normalized spacial score (nSPS) is 11.6. The van der Waals surface area contributed by atoms with E-state index in [-0.39, 0.29) is 6.61 Å². The number of para-hydroxylation sites is 1. The third kappa shape index (κ3) is 4.61. The van der Waals surface area contributed by atoms with Crippen LogP contribution < -0.4 is 5.32 Å². The summed E-state index contributed by atoms with van der Waals surface area (Å²) >= 11 is 0. The molecule has 1 rings (SSSR count). The maximum absolute atomic E-state index is 10.7. The van der Waals surface area contributed by atoms with E-state index in [9.17, 15) is 9.90 Å². The molecule has 0 aliphatic carbocycles. The number of carbonyl (C=O) groups excluding carboxylic acids is 1. The van der Waals surface area contributed by atoms with Gasteiger partial charge in [0.1, 0.15) is 12.7 Å². The van der Waals surface area contributed by atoms with Crippen molar-refractivity contribution in [2.24, 2.45) is 0 Å². The number of hydrogen-bond acceptors (Lipinski definition) is 4. The van der Waals surface area contributed by atoms with Gasteiger partial charge in [-0.3, -0.25) is 0 Å². The van der Waals surface area contributed by atoms with E-state index in [1.165, 1.54) is 0 Å². The lowest BCUT2D eigenvalue weighted by molar-refractivity contribution is -0.140. The quantitative estimate of drug-likeness (QED) is 0.559. The number of carbonyl (C=O) groups is 1. The van der Waals surface area contributed by atoms with Gasteiger partial charge in [-0.05, 0) is 12.1 Å². The Morgan fingerprint density at radius 1 is 1.50 bits per heavy atom. The average Bonchev–Trinajstić information content (AvgIpc) is 2.34. The number of esters is 1. The summed E-state index contributed by atoms with van der Waals surface area (Å²) in [6.07, 6.45) is 0.335. The number of anilines is 1. The first-order chi connectivity index (χ1) is 7.72. The Hall–Kier alpha value is -1.81. The second kappa shape index (κ2) is 6.63. The molecule has 4 nitrogen and oxygen atoms in total. The van der Waals surface area contributed by atoms with Crippen molar-refractivity contribution >= 4 is 11.7 Å². The third-order valence-electron chi connectivity index (χ3n) is 1.90. The smallest absolute Gasteiger partial charge is 0.330 e. The van der Waals surface area contributed by atoms with Crippen molar-refractivity contribution in [2.45, 2.75) is 6.10 Å². The van der Waals surface area contributed by atoms with Gasteiger partial charge in [-0.25, -0.2) is 4.79 Å². The Morgan fingerprint density at radius 3 is 2.81 bits per heavy atom. The van der Waals surface area contributed by atoms with E-state index in [1.807, 2.05) is 30.3 Å². The second-order valence-corrected chi connectivity index (χ2v) is 3.23. The predicted octanol–water partition coefficient (Wildman–Crippen LogP) is 1.19. The Balaban J connectivity index is 2.22. The van der Waals surface area contributed by atoms with Gasteiger partial charge in [-0.15, -0.1) is 0 Å². The lowest BCUT2D eigenvalue weighted by atomic mass is 10.3. The van der Waals surface area contributed by atoms with Gasteiger partial charge < -0.3 is 15.2 Å². The molecule has 16 heavy (non-hydrogen) atoms. The molecule has 0 heterocycles. The third-order valence-corrected chi connectivity index (χ3v) is 1.90. The minimum Gasteiger partial charge on any atom is -0.460 e. The molecule has 0 aromatic heterocycles. The lowest BCUT2D eigenvalue weighted by Crippen LogP contribution is -2.25. The van der Waals surface area contributed by atoms with Gasteiger partial charge in [0, 0.05) is 18.3 Å². The van der Waals surface area contributed by atoms with Crippen LogP contribution in [0.15, 0.2) is 43.0 Å². The van der Waals surface area contributed by atoms with Crippen LogP contribution in [-0.2, 0) is 9.53 Å². The van der Waals surface area contributed by atoms with E-state index in [4.69, 9.17) is 4.74 Å². The summed E-state index contributed by atoms with van der Waals surface area (Å²) in [6, 6.07) is 9.48. The fraction of sp³-hybridized carbons (Fsp3) is 0.250. The van der Waals surface area contributed by atoms with Crippen LogP contribution in [0.2, 0.25) is 0 Å². The highest BCUT2D eigenvalue weighted by molar-refractivity contribution is 5.81. The van der Waals surface area contributed by atoms with Gasteiger partial charge in [-0.2, -0.15) is 0 Å². The molecule has 0 amide bonds. The van der Waals surface area contributed by atoms with Crippen LogP contribution in [0.25, 0.3) is 0 Å². The molecular formula is C12H15NO3. The summed E-state index contributed by atoms with van der Waals surface area (Å²) in [5.41, 5.74) is 0.914. The molecule has 0 aliphatic rings. The molecule has 0 radical (unpaired) electrons. The zero-order valence-electron chi connectivity index (χ0n) is 8.93. The fourth-order valence-electron chi connectivity index (χ4n) is 1.09. The molecule has 1 atom stereocenters. The summed E-state index contributed by atoms with van der Waals surface area (Å²) in [6.45, 7) is 3.55. The van der Waals surface area contributed by atoms with Crippen LogP contribution in [0.5, 0.6) is 0 Å². The highest BCUT2D eigenvalue weighted by atomic mass is 16.5. The van der Waals surface area contributed by atoms with Crippen LogP contribution >= 0.6 is 0 Å². The van der Waals surface area contributed by atoms with Gasteiger partial charge in [0.05, 0.1) is 0 Å². The van der Waals surface area contributed by atoms with Crippen LogP contribution in [0, 0.1) is 0 Å². The molecule has 0 aliphatic heterocycles. The van der Waals surface area contributed by atoms with E-state index in [2.05, 4.69) is 11.9 Å². The van der Waals surface area contributed by atoms with Gasteiger partial charge in [0.2, 0.25) is 0 Å². The molecule has 0 saturated heterocycles. The Morgan fingerprint density at radius 2 is 2.19 bits per heavy atom. The summed E-state index contributed by atoms with van der Waals surface area (Å²) in [5, 5.41) is 12.5. The predicted molar refractivity (Wildman–Crippen MR) is 62.1 cm³/mol. The van der Waals surface area contributed by atoms with Crippen LogP contribution in [0.3, 0.4) is 0 Å². The van der Waals surface area contributed by atoms with Crippen molar-refractivity contribution in [1.82, 2.24) is 0 Å². The number of hydrogen-bond donors (Lipinski definition) is 2. The number of benzene rings is 1. The minimum absolute atomic E-state index is 0.0370. The Kier molecular flexibility index (Phi) is 5.08. The number of aliphatic hydroxyl groups is 1. The molecule has 0 bridgehead atoms. The summed E-state index contributed by atoms with van der Waals surface area (Å²) in [7, 11) is 0. The van der Waals surface area contributed by atoms with Crippen molar-refractivity contribution in [3.05, 3.63) is 43.0 Å². The summed E-state index contributed by atoms with van der Waals surface area (Å²) < 4.78 is 4.69. The zero-order valence-corrected chi connectivity index (χ0v) is 8.93. The van der Waals surface area contributed by atoms with Gasteiger partial charge in [0.15, 0.2) is 0 Å².